The molecule has 12 N–H and O–H groups in total. The maximum atomic E-state index is 12.9. The van der Waals surface area contributed by atoms with Crippen LogP contribution in [0.5, 0.6) is 5.75 Å². The first-order chi connectivity index (χ1) is 18.2. The number of carboxylic acids is 2. The number of hydrogen-bond donors (Lipinski definition) is 9. The minimum absolute atomic E-state index is 0.0581. The minimum atomic E-state index is -1.68. The highest BCUT2D eigenvalue weighted by Crippen LogP contribution is 2.12. The lowest BCUT2D eigenvalue weighted by Gasteiger charge is -2.24. The Labute approximate surface area is 222 Å². The van der Waals surface area contributed by atoms with Crippen molar-refractivity contribution in [3.05, 3.63) is 29.8 Å². The number of nitrogens with one attached hydrogen (secondary N) is 3. The summed E-state index contributed by atoms with van der Waals surface area (Å²) in [5.74, 6) is -7.60. The normalized spacial score (nSPS) is 13.7. The minimum Gasteiger partial charge on any atom is -0.508 e. The molecule has 5 amide bonds. The van der Waals surface area contributed by atoms with Gasteiger partial charge in [-0.25, -0.2) is 4.79 Å². The number of phenolic OH excluding ortho intramolecular Hbond substituents is 1. The van der Waals surface area contributed by atoms with Gasteiger partial charge in [0, 0.05) is 19.3 Å². The van der Waals surface area contributed by atoms with Gasteiger partial charge in [-0.05, 0) is 30.5 Å². The molecule has 4 unspecified atom stereocenters. The van der Waals surface area contributed by atoms with Crippen LogP contribution in [0.3, 0.4) is 0 Å². The Morgan fingerprint density at radius 2 is 1.26 bits per heavy atom. The van der Waals surface area contributed by atoms with E-state index in [-0.39, 0.29) is 25.0 Å². The van der Waals surface area contributed by atoms with Crippen molar-refractivity contribution in [2.45, 2.75) is 62.7 Å². The summed E-state index contributed by atoms with van der Waals surface area (Å²) in [6.45, 7) is 0. The average molecular weight is 553 g/mol. The number of benzene rings is 1. The number of nitrogens with two attached hydrogens (primary N) is 3. The van der Waals surface area contributed by atoms with Crippen molar-refractivity contribution in [3.8, 4) is 5.75 Å². The number of carbonyl (C=O) groups is 7. The summed E-state index contributed by atoms with van der Waals surface area (Å²) in [5.41, 5.74) is 16.3. The van der Waals surface area contributed by atoms with Crippen LogP contribution in [0.1, 0.15) is 37.7 Å². The molecule has 0 radical (unpaired) electrons. The molecule has 0 fully saturated rings. The zero-order valence-electron chi connectivity index (χ0n) is 20.8. The molecule has 16 heteroatoms. The van der Waals surface area contributed by atoms with E-state index in [1.807, 2.05) is 0 Å². The Hall–Kier alpha value is -4.73. The van der Waals surface area contributed by atoms with E-state index in [2.05, 4.69) is 16.0 Å². The van der Waals surface area contributed by atoms with Crippen LogP contribution in [0.4, 0.5) is 0 Å². The van der Waals surface area contributed by atoms with Gasteiger partial charge in [0.15, 0.2) is 0 Å². The van der Waals surface area contributed by atoms with Gasteiger partial charge < -0.3 is 48.5 Å². The molecule has 1 aromatic carbocycles. The molecule has 0 bridgehead atoms. The summed E-state index contributed by atoms with van der Waals surface area (Å²) in [5, 5.41) is 34.5. The SMILES string of the molecule is NC(=O)CCC(N)C(=O)NC(CCC(=O)O)C(=O)NC(CC(N)=O)C(=O)NC(Cc1ccc(O)cc1)C(=O)O. The van der Waals surface area contributed by atoms with Crippen molar-refractivity contribution in [1.82, 2.24) is 16.0 Å². The third kappa shape index (κ3) is 12.4. The van der Waals surface area contributed by atoms with Crippen LogP contribution in [0.15, 0.2) is 24.3 Å². The van der Waals surface area contributed by atoms with Gasteiger partial charge in [0.25, 0.3) is 0 Å². The largest absolute Gasteiger partial charge is 0.508 e. The summed E-state index contributed by atoms with van der Waals surface area (Å²) in [4.78, 5) is 83.4. The molecule has 0 aliphatic carbocycles. The lowest BCUT2D eigenvalue weighted by Crippen LogP contribution is -2.58. The molecule has 0 saturated carbocycles. The lowest BCUT2D eigenvalue weighted by molar-refractivity contribution is -0.142. The van der Waals surface area contributed by atoms with Gasteiger partial charge in [0.05, 0.1) is 12.5 Å². The van der Waals surface area contributed by atoms with Crippen molar-refractivity contribution in [2.24, 2.45) is 17.2 Å². The van der Waals surface area contributed by atoms with Crippen molar-refractivity contribution < 1.29 is 48.9 Å². The molecule has 0 aromatic heterocycles. The Morgan fingerprint density at radius 1 is 0.718 bits per heavy atom. The van der Waals surface area contributed by atoms with E-state index in [9.17, 15) is 43.8 Å². The van der Waals surface area contributed by atoms with Gasteiger partial charge in [0.2, 0.25) is 29.5 Å². The van der Waals surface area contributed by atoms with Crippen LogP contribution in [-0.2, 0) is 40.0 Å². The van der Waals surface area contributed by atoms with Crippen molar-refractivity contribution in [3.63, 3.8) is 0 Å². The van der Waals surface area contributed by atoms with E-state index < -0.39 is 84.9 Å². The summed E-state index contributed by atoms with van der Waals surface area (Å²) in [7, 11) is 0. The van der Waals surface area contributed by atoms with Crippen molar-refractivity contribution >= 4 is 41.5 Å². The zero-order valence-corrected chi connectivity index (χ0v) is 20.8. The number of amides is 5. The van der Waals surface area contributed by atoms with E-state index in [0.29, 0.717) is 5.56 Å². The molecule has 214 valence electrons. The molecule has 0 aliphatic heterocycles. The maximum absolute atomic E-state index is 12.9. The Kier molecular flexibility index (Phi) is 12.8. The number of carbonyl (C=O) groups excluding carboxylic acids is 5. The number of rotatable bonds is 17. The van der Waals surface area contributed by atoms with Gasteiger partial charge >= 0.3 is 11.9 Å². The Bertz CT molecular complexity index is 1080. The molecule has 4 atom stereocenters. The van der Waals surface area contributed by atoms with Crippen LogP contribution in [0.2, 0.25) is 0 Å². The average Bonchev–Trinajstić information content (AvgIpc) is 2.84. The molecular formula is C23H32N6O10. The lowest BCUT2D eigenvalue weighted by atomic mass is 10.0. The molecule has 0 heterocycles. The van der Waals surface area contributed by atoms with E-state index in [1.54, 1.807) is 0 Å². The first-order valence-electron chi connectivity index (χ1n) is 11.6. The highest BCUT2D eigenvalue weighted by atomic mass is 16.4. The van der Waals surface area contributed by atoms with E-state index in [1.165, 1.54) is 24.3 Å². The van der Waals surface area contributed by atoms with Crippen molar-refractivity contribution in [2.75, 3.05) is 0 Å². The number of carboxylic acid groups (broad SMARTS) is 2. The monoisotopic (exact) mass is 552 g/mol. The summed E-state index contributed by atoms with van der Waals surface area (Å²) >= 11 is 0. The summed E-state index contributed by atoms with van der Waals surface area (Å²) in [6, 6.07) is -0.463. The number of primary amides is 2. The van der Waals surface area contributed by atoms with Crippen molar-refractivity contribution in [1.29, 1.82) is 0 Å². The predicted octanol–water partition coefficient (Wildman–Crippen LogP) is -3.19. The summed E-state index contributed by atoms with van der Waals surface area (Å²) < 4.78 is 0. The fraction of sp³-hybridized carbons (Fsp3) is 0.435. The van der Waals surface area contributed by atoms with E-state index in [4.69, 9.17) is 22.3 Å². The smallest absolute Gasteiger partial charge is 0.326 e. The molecule has 0 saturated heterocycles. The number of phenols is 1. The summed E-state index contributed by atoms with van der Waals surface area (Å²) in [6.07, 6.45) is -2.34. The predicted molar refractivity (Wildman–Crippen MR) is 132 cm³/mol. The molecular weight excluding hydrogens is 520 g/mol. The maximum Gasteiger partial charge on any atom is 0.326 e. The first-order valence-corrected chi connectivity index (χ1v) is 11.6. The second kappa shape index (κ2) is 15.5. The number of aromatic hydroxyl groups is 1. The fourth-order valence-corrected chi connectivity index (χ4v) is 3.27. The Morgan fingerprint density at radius 3 is 1.77 bits per heavy atom. The fourth-order valence-electron chi connectivity index (χ4n) is 3.27. The quantitative estimate of drug-likeness (QED) is 0.0927. The van der Waals surface area contributed by atoms with Crippen LogP contribution in [0.25, 0.3) is 0 Å². The number of hydrogen-bond acceptors (Lipinski definition) is 9. The van der Waals surface area contributed by atoms with E-state index >= 15 is 0 Å². The molecule has 0 aliphatic rings. The van der Waals surface area contributed by atoms with E-state index in [0.717, 1.165) is 0 Å². The second-order valence-corrected chi connectivity index (χ2v) is 8.61. The van der Waals surface area contributed by atoms with Crippen LogP contribution in [0, 0.1) is 0 Å². The van der Waals surface area contributed by atoms with Gasteiger partial charge in [0.1, 0.15) is 23.9 Å². The molecule has 16 nitrogen and oxygen atoms in total. The topological polar surface area (TPSA) is 294 Å². The third-order valence-corrected chi connectivity index (χ3v) is 5.35. The van der Waals surface area contributed by atoms with Gasteiger partial charge in [-0.15, -0.1) is 0 Å². The van der Waals surface area contributed by atoms with Gasteiger partial charge in [-0.1, -0.05) is 12.1 Å². The highest BCUT2D eigenvalue weighted by molar-refractivity contribution is 5.96. The van der Waals surface area contributed by atoms with Crippen LogP contribution >= 0.6 is 0 Å². The highest BCUT2D eigenvalue weighted by Gasteiger charge is 2.31. The van der Waals surface area contributed by atoms with Gasteiger partial charge in [-0.3, -0.25) is 28.8 Å². The Balaban J connectivity index is 3.04. The van der Waals surface area contributed by atoms with Gasteiger partial charge in [-0.2, -0.15) is 0 Å². The molecule has 1 rings (SSSR count). The standard InChI is InChI=1S/C23H32N6O10/c24-13(5-7-17(25)31)20(35)27-14(6-8-19(33)34)21(36)28-15(10-18(26)32)22(37)29-16(23(38)39)9-11-1-3-12(30)4-2-11/h1-4,13-16,30H,5-10,24H2,(H2,25,31)(H2,26,32)(H,27,35)(H,28,36)(H,29,37)(H,33,34)(H,38,39). The second-order valence-electron chi connectivity index (χ2n) is 8.61. The first kappa shape index (κ1) is 32.3. The van der Waals surface area contributed by atoms with Crippen LogP contribution < -0.4 is 33.2 Å². The van der Waals surface area contributed by atoms with Crippen LogP contribution in [-0.4, -0.2) is 81.0 Å². The molecule has 0 spiro atoms. The zero-order chi connectivity index (χ0) is 29.7. The molecule has 1 aromatic rings. The third-order valence-electron chi connectivity index (χ3n) is 5.35. The number of aliphatic carboxylic acids is 2. The molecule has 39 heavy (non-hydrogen) atoms.